The molecule has 1 unspecified atom stereocenters. The summed E-state index contributed by atoms with van der Waals surface area (Å²) in [5, 5.41) is 10.7. The van der Waals surface area contributed by atoms with Crippen molar-refractivity contribution in [1.29, 1.82) is 0 Å². The molecule has 0 aliphatic heterocycles. The highest BCUT2D eigenvalue weighted by Crippen LogP contribution is 2.38. The monoisotopic (exact) mass is 730 g/mol. The number of rotatable bonds is 12. The minimum atomic E-state index is -0.642. The normalized spacial score (nSPS) is 11.7. The fourth-order valence-electron chi connectivity index (χ4n) is 5.05. The molecule has 0 aliphatic rings. The molecular formula is C40H31ClN4O4S2. The molecule has 6 aromatic rings. The third kappa shape index (κ3) is 9.11. The van der Waals surface area contributed by atoms with Crippen molar-refractivity contribution in [3.63, 3.8) is 0 Å². The minimum absolute atomic E-state index is 0.00693. The Labute approximate surface area is 308 Å². The molecular weight excluding hydrogens is 700 g/mol. The molecule has 5 aromatic carbocycles. The van der Waals surface area contributed by atoms with Gasteiger partial charge in [-0.15, -0.1) is 23.1 Å². The van der Waals surface area contributed by atoms with Crippen molar-refractivity contribution in [2.24, 2.45) is 0 Å². The summed E-state index contributed by atoms with van der Waals surface area (Å²) in [7, 11) is 1.61. The van der Waals surface area contributed by atoms with Gasteiger partial charge >= 0.3 is 0 Å². The molecule has 254 valence electrons. The summed E-state index contributed by atoms with van der Waals surface area (Å²) >= 11 is 9.05. The number of carbonyl (C=O) groups excluding carboxylic acids is 3. The van der Waals surface area contributed by atoms with Crippen molar-refractivity contribution >= 4 is 69.3 Å². The first-order valence-electron chi connectivity index (χ1n) is 15.7. The van der Waals surface area contributed by atoms with E-state index in [0.717, 1.165) is 16.0 Å². The van der Waals surface area contributed by atoms with Crippen LogP contribution < -0.4 is 20.7 Å². The number of methoxy groups -OCH3 is 1. The largest absolute Gasteiger partial charge is 0.496 e. The first kappa shape index (κ1) is 35.2. The number of halogens is 1. The number of aromatic nitrogens is 1. The van der Waals surface area contributed by atoms with Gasteiger partial charge in [-0.1, -0.05) is 96.5 Å². The summed E-state index contributed by atoms with van der Waals surface area (Å²) in [5.74, 6) is -0.556. The van der Waals surface area contributed by atoms with Crippen LogP contribution in [-0.4, -0.2) is 29.8 Å². The highest BCUT2D eigenvalue weighted by Gasteiger charge is 2.24. The molecule has 0 saturated heterocycles. The van der Waals surface area contributed by atoms with Crippen molar-refractivity contribution in [3.8, 4) is 17.0 Å². The molecule has 0 fully saturated rings. The van der Waals surface area contributed by atoms with Crippen LogP contribution in [0.5, 0.6) is 5.75 Å². The van der Waals surface area contributed by atoms with Crippen molar-refractivity contribution in [2.45, 2.75) is 10.1 Å². The Morgan fingerprint density at radius 1 is 0.824 bits per heavy atom. The first-order chi connectivity index (χ1) is 24.9. The van der Waals surface area contributed by atoms with Crippen molar-refractivity contribution in [3.05, 3.63) is 166 Å². The van der Waals surface area contributed by atoms with E-state index >= 15 is 0 Å². The second-order valence-electron chi connectivity index (χ2n) is 11.0. The van der Waals surface area contributed by atoms with Crippen molar-refractivity contribution < 1.29 is 19.1 Å². The van der Waals surface area contributed by atoms with Gasteiger partial charge in [0, 0.05) is 32.1 Å². The maximum absolute atomic E-state index is 13.8. The molecule has 1 atom stereocenters. The SMILES string of the molecule is COc1ccccc1-c1csc(NC(=O)C(Sc2cccc(NC(=O)/C(=C\c3ccccc3Cl)NC(=O)c3ccccc3)c2)c2ccccc2)n1. The fourth-order valence-corrected chi connectivity index (χ4v) is 7.04. The molecule has 8 nitrogen and oxygen atoms in total. The highest BCUT2D eigenvalue weighted by molar-refractivity contribution is 8.00. The van der Waals surface area contributed by atoms with Crippen molar-refractivity contribution in [1.82, 2.24) is 10.3 Å². The highest BCUT2D eigenvalue weighted by atomic mass is 35.5. The molecule has 0 saturated carbocycles. The van der Waals surface area contributed by atoms with Crippen LogP contribution in [-0.2, 0) is 9.59 Å². The second-order valence-corrected chi connectivity index (χ2v) is 13.5. The number of hydrogen-bond donors (Lipinski definition) is 3. The number of thioether (sulfide) groups is 1. The zero-order chi connectivity index (χ0) is 35.6. The Balaban J connectivity index is 1.22. The predicted octanol–water partition coefficient (Wildman–Crippen LogP) is 9.35. The summed E-state index contributed by atoms with van der Waals surface area (Å²) in [4.78, 5) is 46.0. The topological polar surface area (TPSA) is 109 Å². The molecule has 1 heterocycles. The third-order valence-electron chi connectivity index (χ3n) is 7.54. The van der Waals surface area contributed by atoms with Gasteiger partial charge in [0.1, 0.15) is 16.7 Å². The zero-order valence-corrected chi connectivity index (χ0v) is 29.6. The Hall–Kier alpha value is -5.68. The zero-order valence-electron chi connectivity index (χ0n) is 27.2. The number of ether oxygens (including phenoxy) is 1. The molecule has 3 N–H and O–H groups in total. The van der Waals surface area contributed by atoms with Crippen LogP contribution in [0.15, 0.2) is 149 Å². The van der Waals surface area contributed by atoms with E-state index in [2.05, 4.69) is 20.9 Å². The Morgan fingerprint density at radius 3 is 2.29 bits per heavy atom. The Morgan fingerprint density at radius 2 is 1.53 bits per heavy atom. The van der Waals surface area contributed by atoms with Crippen LogP contribution in [0.1, 0.15) is 26.7 Å². The Bertz CT molecular complexity index is 2190. The van der Waals surface area contributed by atoms with Crippen LogP contribution in [0.25, 0.3) is 17.3 Å². The molecule has 0 radical (unpaired) electrons. The minimum Gasteiger partial charge on any atom is -0.496 e. The van der Waals surface area contributed by atoms with Crippen LogP contribution >= 0.6 is 34.7 Å². The lowest BCUT2D eigenvalue weighted by molar-refractivity contribution is -0.116. The quantitative estimate of drug-likeness (QED) is 0.0856. The van der Waals surface area contributed by atoms with E-state index in [-0.39, 0.29) is 11.6 Å². The summed E-state index contributed by atoms with van der Waals surface area (Å²) in [6.07, 6.45) is 1.53. The molecule has 0 spiro atoms. The van der Waals surface area contributed by atoms with Gasteiger partial charge in [-0.25, -0.2) is 4.98 Å². The van der Waals surface area contributed by atoms with Crippen LogP contribution in [0.4, 0.5) is 10.8 Å². The fraction of sp³-hybridized carbons (Fsp3) is 0.0500. The molecule has 6 rings (SSSR count). The van der Waals surface area contributed by atoms with E-state index < -0.39 is 17.1 Å². The number of thiazole rings is 1. The maximum Gasteiger partial charge on any atom is 0.272 e. The van der Waals surface area contributed by atoms with Crippen LogP contribution in [0, 0.1) is 0 Å². The van der Waals surface area contributed by atoms with Gasteiger partial charge in [0.25, 0.3) is 11.8 Å². The van der Waals surface area contributed by atoms with Gasteiger partial charge in [-0.2, -0.15) is 0 Å². The standard InChI is InChI=1S/C40H31ClN4O4S2/c1-49-35-22-11-9-20-31(35)34-25-50-40(44-34)45-39(48)36(26-13-4-2-5-14-26)51-30-19-12-18-29(24-30)42-38(47)33(23-28-17-8-10-21-32(28)41)43-37(46)27-15-6-3-7-16-27/h2-25,36H,1H3,(H,42,47)(H,43,46)(H,44,45,48)/b33-23+. The van der Waals surface area contributed by atoms with Gasteiger partial charge < -0.3 is 20.7 Å². The van der Waals surface area contributed by atoms with Gasteiger partial charge in [-0.3, -0.25) is 14.4 Å². The second kappa shape index (κ2) is 16.8. The molecule has 11 heteroatoms. The number of amides is 3. The molecule has 51 heavy (non-hydrogen) atoms. The van der Waals surface area contributed by atoms with E-state index in [0.29, 0.717) is 38.4 Å². The van der Waals surface area contributed by atoms with Gasteiger partial charge in [-0.05, 0) is 65.7 Å². The lowest BCUT2D eigenvalue weighted by Gasteiger charge is -2.17. The van der Waals surface area contributed by atoms with Crippen LogP contribution in [0.2, 0.25) is 5.02 Å². The average molecular weight is 731 g/mol. The van der Waals surface area contributed by atoms with Crippen molar-refractivity contribution in [2.75, 3.05) is 17.7 Å². The molecule has 3 amide bonds. The number of anilines is 2. The van der Waals surface area contributed by atoms with E-state index in [1.54, 1.807) is 79.9 Å². The lowest BCUT2D eigenvalue weighted by Crippen LogP contribution is -2.30. The van der Waals surface area contributed by atoms with E-state index in [4.69, 9.17) is 16.3 Å². The molecule has 1 aromatic heterocycles. The number of carbonyl (C=O) groups is 3. The van der Waals surface area contributed by atoms with E-state index in [9.17, 15) is 14.4 Å². The number of hydrogen-bond acceptors (Lipinski definition) is 7. The smallest absolute Gasteiger partial charge is 0.272 e. The average Bonchev–Trinajstić information content (AvgIpc) is 3.63. The maximum atomic E-state index is 13.8. The summed E-state index contributed by atoms with van der Waals surface area (Å²) in [6, 6.07) is 39.8. The third-order valence-corrected chi connectivity index (χ3v) is 9.89. The van der Waals surface area contributed by atoms with Gasteiger partial charge in [0.05, 0.1) is 12.8 Å². The summed E-state index contributed by atoms with van der Waals surface area (Å²) in [6.45, 7) is 0. The summed E-state index contributed by atoms with van der Waals surface area (Å²) in [5.41, 5.74) is 3.76. The number of nitrogens with zero attached hydrogens (tertiary/aromatic N) is 1. The Kier molecular flexibility index (Phi) is 11.6. The first-order valence-corrected chi connectivity index (χ1v) is 17.9. The van der Waals surface area contributed by atoms with Gasteiger partial charge in [0.15, 0.2) is 5.13 Å². The number of nitrogens with one attached hydrogen (secondary N) is 3. The lowest BCUT2D eigenvalue weighted by atomic mass is 10.1. The van der Waals surface area contributed by atoms with Gasteiger partial charge in [0.2, 0.25) is 5.91 Å². The number of benzene rings is 5. The predicted molar refractivity (Wildman–Crippen MR) is 206 cm³/mol. The molecule has 0 bridgehead atoms. The number of para-hydroxylation sites is 1. The van der Waals surface area contributed by atoms with E-state index in [1.165, 1.54) is 29.2 Å². The summed E-state index contributed by atoms with van der Waals surface area (Å²) < 4.78 is 5.49. The van der Waals surface area contributed by atoms with Crippen LogP contribution in [0.3, 0.4) is 0 Å². The van der Waals surface area contributed by atoms with E-state index in [1.807, 2.05) is 66.0 Å². The molecule has 0 aliphatic carbocycles.